The summed E-state index contributed by atoms with van der Waals surface area (Å²) in [6.07, 6.45) is 1.59. The van der Waals surface area contributed by atoms with Gasteiger partial charge in [0, 0.05) is 5.56 Å². The summed E-state index contributed by atoms with van der Waals surface area (Å²) in [5.74, 6) is 1.63. The van der Waals surface area contributed by atoms with E-state index < -0.39 is 5.56 Å². The molecule has 0 aliphatic rings. The summed E-state index contributed by atoms with van der Waals surface area (Å²) in [5.41, 5.74) is 5.07. The van der Waals surface area contributed by atoms with Crippen LogP contribution in [0.15, 0.2) is 88.8 Å². The first-order valence-corrected chi connectivity index (χ1v) is 9.86. The Morgan fingerprint density at radius 2 is 1.81 bits per heavy atom. The van der Waals surface area contributed by atoms with E-state index in [1.165, 1.54) is 0 Å². The number of rotatable bonds is 6. The Kier molecular flexibility index (Phi) is 6.05. The standard InChI is InChI=1S/C25H19N5O2/c1-17-6-5-9-21(14-17)32-20-12-10-18(11-13-20)16-27-30-25-28-23(19-7-3-2-4-8-19)22(15-26)24(31)29-25/h2-14,16H,1H3,(H2,28,29,30,31). The first-order chi connectivity index (χ1) is 15.6. The summed E-state index contributed by atoms with van der Waals surface area (Å²) in [6, 6.07) is 26.2. The highest BCUT2D eigenvalue weighted by molar-refractivity contribution is 5.80. The summed E-state index contributed by atoms with van der Waals surface area (Å²) in [7, 11) is 0. The smallest absolute Gasteiger partial charge is 0.270 e. The summed E-state index contributed by atoms with van der Waals surface area (Å²) in [5, 5.41) is 13.5. The molecule has 32 heavy (non-hydrogen) atoms. The number of H-pyrrole nitrogens is 1. The van der Waals surface area contributed by atoms with Gasteiger partial charge in [-0.2, -0.15) is 10.4 Å². The van der Waals surface area contributed by atoms with E-state index in [1.807, 2.05) is 79.7 Å². The molecule has 4 aromatic rings. The maximum atomic E-state index is 12.3. The van der Waals surface area contributed by atoms with Gasteiger partial charge in [0.15, 0.2) is 0 Å². The molecule has 0 bridgehead atoms. The number of anilines is 1. The average Bonchev–Trinajstić information content (AvgIpc) is 2.80. The van der Waals surface area contributed by atoms with E-state index in [-0.39, 0.29) is 11.5 Å². The minimum Gasteiger partial charge on any atom is -0.457 e. The number of nitriles is 1. The van der Waals surface area contributed by atoms with Crippen molar-refractivity contribution in [3.63, 3.8) is 0 Å². The van der Waals surface area contributed by atoms with Crippen molar-refractivity contribution in [1.82, 2.24) is 9.97 Å². The van der Waals surface area contributed by atoms with Gasteiger partial charge in [0.05, 0.1) is 11.9 Å². The van der Waals surface area contributed by atoms with Gasteiger partial charge in [-0.3, -0.25) is 9.78 Å². The molecule has 0 unspecified atom stereocenters. The molecule has 0 aliphatic carbocycles. The maximum absolute atomic E-state index is 12.3. The number of hydrazone groups is 1. The number of nitrogens with one attached hydrogen (secondary N) is 2. The van der Waals surface area contributed by atoms with Crippen LogP contribution in [0.1, 0.15) is 16.7 Å². The Balaban J connectivity index is 1.48. The van der Waals surface area contributed by atoms with E-state index in [4.69, 9.17) is 4.74 Å². The predicted octanol–water partition coefficient (Wildman–Crippen LogP) is 4.86. The SMILES string of the molecule is Cc1cccc(Oc2ccc(C=NNc3nc(-c4ccccc4)c(C#N)c(=O)[nH]3)cc2)c1. The molecule has 1 aromatic heterocycles. The Morgan fingerprint density at radius 3 is 2.53 bits per heavy atom. The second-order valence-corrected chi connectivity index (χ2v) is 6.97. The lowest BCUT2D eigenvalue weighted by molar-refractivity contribution is 0.482. The largest absolute Gasteiger partial charge is 0.457 e. The van der Waals surface area contributed by atoms with Gasteiger partial charge in [0.1, 0.15) is 23.1 Å². The molecular formula is C25H19N5O2. The Labute approximate surface area is 184 Å². The van der Waals surface area contributed by atoms with Crippen molar-refractivity contribution in [1.29, 1.82) is 5.26 Å². The van der Waals surface area contributed by atoms with Crippen LogP contribution in [-0.2, 0) is 0 Å². The van der Waals surface area contributed by atoms with E-state index in [2.05, 4.69) is 20.5 Å². The monoisotopic (exact) mass is 421 g/mol. The van der Waals surface area contributed by atoms with Crippen LogP contribution in [0.2, 0.25) is 0 Å². The fourth-order valence-electron chi connectivity index (χ4n) is 3.04. The lowest BCUT2D eigenvalue weighted by Gasteiger charge is -2.07. The van der Waals surface area contributed by atoms with Crippen LogP contribution >= 0.6 is 0 Å². The predicted molar refractivity (Wildman–Crippen MR) is 124 cm³/mol. The zero-order valence-electron chi connectivity index (χ0n) is 17.2. The first kappa shape index (κ1) is 20.6. The molecule has 0 saturated heterocycles. The molecule has 0 fully saturated rings. The fourth-order valence-corrected chi connectivity index (χ4v) is 3.04. The van der Waals surface area contributed by atoms with Gasteiger partial charge in [-0.15, -0.1) is 0 Å². The molecule has 0 aliphatic heterocycles. The van der Waals surface area contributed by atoms with Gasteiger partial charge in [-0.25, -0.2) is 10.4 Å². The minimum atomic E-state index is -0.531. The Hall–Kier alpha value is -4.70. The lowest BCUT2D eigenvalue weighted by atomic mass is 10.1. The van der Waals surface area contributed by atoms with Crippen LogP contribution < -0.4 is 15.7 Å². The third-order valence-electron chi connectivity index (χ3n) is 4.57. The summed E-state index contributed by atoms with van der Waals surface area (Å²) in [4.78, 5) is 19.2. The van der Waals surface area contributed by atoms with Crippen LogP contribution in [0, 0.1) is 18.3 Å². The molecule has 0 radical (unpaired) electrons. The van der Waals surface area contributed by atoms with Gasteiger partial charge >= 0.3 is 0 Å². The van der Waals surface area contributed by atoms with Gasteiger partial charge in [-0.1, -0.05) is 42.5 Å². The zero-order valence-corrected chi connectivity index (χ0v) is 17.2. The lowest BCUT2D eigenvalue weighted by Crippen LogP contribution is -2.16. The van der Waals surface area contributed by atoms with Crippen LogP contribution in [0.5, 0.6) is 11.5 Å². The number of hydrogen-bond donors (Lipinski definition) is 2. The van der Waals surface area contributed by atoms with Crippen molar-refractivity contribution >= 4 is 12.2 Å². The van der Waals surface area contributed by atoms with Gasteiger partial charge in [0.2, 0.25) is 5.95 Å². The van der Waals surface area contributed by atoms with Crippen molar-refractivity contribution in [3.05, 3.63) is 106 Å². The van der Waals surface area contributed by atoms with Crippen LogP contribution in [0.3, 0.4) is 0 Å². The zero-order chi connectivity index (χ0) is 22.3. The normalized spacial score (nSPS) is 10.6. The number of hydrogen-bond acceptors (Lipinski definition) is 6. The van der Waals surface area contributed by atoms with E-state index in [0.29, 0.717) is 17.0 Å². The van der Waals surface area contributed by atoms with Gasteiger partial charge in [0.25, 0.3) is 5.56 Å². The van der Waals surface area contributed by atoms with E-state index in [9.17, 15) is 10.1 Å². The molecular weight excluding hydrogens is 402 g/mol. The molecule has 7 heteroatoms. The number of nitrogens with zero attached hydrogens (tertiary/aromatic N) is 3. The first-order valence-electron chi connectivity index (χ1n) is 9.86. The number of aromatic amines is 1. The van der Waals surface area contributed by atoms with Crippen LogP contribution in [-0.4, -0.2) is 16.2 Å². The molecule has 0 spiro atoms. The molecule has 0 saturated carbocycles. The third kappa shape index (κ3) is 4.89. The van der Waals surface area contributed by atoms with Gasteiger partial charge in [-0.05, 0) is 54.4 Å². The highest BCUT2D eigenvalue weighted by Crippen LogP contribution is 2.22. The Bertz CT molecular complexity index is 1350. The molecule has 2 N–H and O–H groups in total. The molecule has 0 amide bonds. The number of aryl methyl sites for hydroxylation is 1. The second-order valence-electron chi connectivity index (χ2n) is 6.97. The molecule has 3 aromatic carbocycles. The van der Waals surface area contributed by atoms with E-state index in [0.717, 1.165) is 16.9 Å². The molecule has 1 heterocycles. The van der Waals surface area contributed by atoms with Crippen LogP contribution in [0.25, 0.3) is 11.3 Å². The van der Waals surface area contributed by atoms with Crippen molar-refractivity contribution in [2.45, 2.75) is 6.92 Å². The summed E-state index contributed by atoms with van der Waals surface area (Å²) >= 11 is 0. The third-order valence-corrected chi connectivity index (χ3v) is 4.57. The van der Waals surface area contributed by atoms with Crippen molar-refractivity contribution in [3.8, 4) is 28.8 Å². The maximum Gasteiger partial charge on any atom is 0.270 e. The minimum absolute atomic E-state index is 0.0464. The summed E-state index contributed by atoms with van der Waals surface area (Å²) < 4.78 is 5.84. The highest BCUT2D eigenvalue weighted by atomic mass is 16.5. The second kappa shape index (κ2) is 9.41. The van der Waals surface area contributed by atoms with Crippen molar-refractivity contribution < 1.29 is 4.74 Å². The van der Waals surface area contributed by atoms with Crippen molar-refractivity contribution in [2.75, 3.05) is 5.43 Å². The van der Waals surface area contributed by atoms with Crippen LogP contribution in [0.4, 0.5) is 5.95 Å². The topological polar surface area (TPSA) is 103 Å². The molecule has 7 nitrogen and oxygen atoms in total. The fraction of sp³-hybridized carbons (Fsp3) is 0.0400. The highest BCUT2D eigenvalue weighted by Gasteiger charge is 2.12. The molecule has 4 rings (SSSR count). The Morgan fingerprint density at radius 1 is 1.03 bits per heavy atom. The number of benzene rings is 3. The quantitative estimate of drug-likeness (QED) is 0.342. The summed E-state index contributed by atoms with van der Waals surface area (Å²) in [6.45, 7) is 2.01. The van der Waals surface area contributed by atoms with Crippen molar-refractivity contribution in [2.24, 2.45) is 5.10 Å². The molecule has 156 valence electrons. The number of aromatic nitrogens is 2. The van der Waals surface area contributed by atoms with Gasteiger partial charge < -0.3 is 4.74 Å². The van der Waals surface area contributed by atoms with E-state index in [1.54, 1.807) is 18.3 Å². The molecule has 0 atom stereocenters. The average molecular weight is 421 g/mol. The number of ether oxygens (including phenoxy) is 1. The van der Waals surface area contributed by atoms with E-state index >= 15 is 0 Å².